The van der Waals surface area contributed by atoms with Gasteiger partial charge < -0.3 is 9.64 Å². The number of esters is 1. The van der Waals surface area contributed by atoms with E-state index in [-0.39, 0.29) is 18.6 Å². The highest BCUT2D eigenvalue weighted by atomic mass is 16.5. The Morgan fingerprint density at radius 3 is 2.60 bits per heavy atom. The van der Waals surface area contributed by atoms with Crippen molar-refractivity contribution in [1.82, 2.24) is 4.90 Å². The van der Waals surface area contributed by atoms with Gasteiger partial charge in [-0.3, -0.25) is 9.59 Å². The van der Waals surface area contributed by atoms with Crippen molar-refractivity contribution in [2.45, 2.75) is 45.1 Å². The van der Waals surface area contributed by atoms with Gasteiger partial charge in [0, 0.05) is 6.04 Å². The molecule has 0 saturated heterocycles. The van der Waals surface area contributed by atoms with Crippen LogP contribution in [0.3, 0.4) is 0 Å². The molecule has 1 rings (SSSR count). The smallest absolute Gasteiger partial charge is 0.325 e. The SMILES string of the molecule is CCOC(=O)CN(C=O)C1CCCCC1. The minimum atomic E-state index is -0.310. The number of hydrogen-bond donors (Lipinski definition) is 0. The highest BCUT2D eigenvalue weighted by Crippen LogP contribution is 2.21. The molecule has 0 aromatic rings. The van der Waals surface area contributed by atoms with Crippen LogP contribution in [0.15, 0.2) is 0 Å². The summed E-state index contributed by atoms with van der Waals surface area (Å²) in [5, 5.41) is 0. The molecule has 86 valence electrons. The number of hydrogen-bond acceptors (Lipinski definition) is 3. The minimum absolute atomic E-state index is 0.0992. The van der Waals surface area contributed by atoms with E-state index in [9.17, 15) is 9.59 Å². The second-order valence-electron chi connectivity index (χ2n) is 3.87. The van der Waals surface area contributed by atoms with Crippen molar-refractivity contribution in [3.8, 4) is 0 Å². The lowest BCUT2D eigenvalue weighted by Crippen LogP contribution is -2.39. The van der Waals surface area contributed by atoms with Crippen LogP contribution in [0.4, 0.5) is 0 Å². The monoisotopic (exact) mass is 213 g/mol. The molecule has 15 heavy (non-hydrogen) atoms. The fourth-order valence-corrected chi connectivity index (χ4v) is 2.02. The van der Waals surface area contributed by atoms with Crippen molar-refractivity contribution in [2.75, 3.05) is 13.2 Å². The lowest BCUT2D eigenvalue weighted by molar-refractivity contribution is -0.147. The molecule has 0 radical (unpaired) electrons. The van der Waals surface area contributed by atoms with Crippen molar-refractivity contribution >= 4 is 12.4 Å². The molecule has 1 aliphatic rings. The fraction of sp³-hybridized carbons (Fsp3) is 0.818. The second kappa shape index (κ2) is 6.43. The summed E-state index contributed by atoms with van der Waals surface area (Å²) in [6.07, 6.45) is 6.33. The minimum Gasteiger partial charge on any atom is -0.465 e. The van der Waals surface area contributed by atoms with Gasteiger partial charge in [-0.05, 0) is 19.8 Å². The van der Waals surface area contributed by atoms with Gasteiger partial charge in [-0.15, -0.1) is 0 Å². The van der Waals surface area contributed by atoms with E-state index in [2.05, 4.69) is 0 Å². The Hall–Kier alpha value is -1.06. The van der Waals surface area contributed by atoms with Gasteiger partial charge in [0.1, 0.15) is 6.54 Å². The van der Waals surface area contributed by atoms with Crippen LogP contribution in [-0.2, 0) is 14.3 Å². The fourth-order valence-electron chi connectivity index (χ4n) is 2.02. The van der Waals surface area contributed by atoms with Crippen molar-refractivity contribution in [3.63, 3.8) is 0 Å². The summed E-state index contributed by atoms with van der Waals surface area (Å²) < 4.78 is 4.83. The maximum absolute atomic E-state index is 11.2. The first-order chi connectivity index (χ1) is 7.27. The first-order valence-electron chi connectivity index (χ1n) is 5.64. The quantitative estimate of drug-likeness (QED) is 0.511. The average Bonchev–Trinajstić information content (AvgIpc) is 2.27. The van der Waals surface area contributed by atoms with Crippen LogP contribution in [0.1, 0.15) is 39.0 Å². The summed E-state index contributed by atoms with van der Waals surface area (Å²) in [6, 6.07) is 0.237. The van der Waals surface area contributed by atoms with Gasteiger partial charge in [0.05, 0.1) is 6.61 Å². The van der Waals surface area contributed by atoms with Gasteiger partial charge in [-0.25, -0.2) is 0 Å². The first-order valence-corrected chi connectivity index (χ1v) is 5.64. The van der Waals surface area contributed by atoms with E-state index in [4.69, 9.17) is 4.74 Å². The van der Waals surface area contributed by atoms with E-state index in [0.29, 0.717) is 6.61 Å². The molecule has 4 nitrogen and oxygen atoms in total. The summed E-state index contributed by atoms with van der Waals surface area (Å²) >= 11 is 0. The number of carbonyl (C=O) groups is 2. The topological polar surface area (TPSA) is 46.6 Å². The molecule has 0 aromatic heterocycles. The van der Waals surface area contributed by atoms with Crippen LogP contribution in [0, 0.1) is 0 Å². The van der Waals surface area contributed by atoms with Crippen LogP contribution < -0.4 is 0 Å². The normalized spacial score (nSPS) is 17.1. The molecule has 1 saturated carbocycles. The van der Waals surface area contributed by atoms with E-state index < -0.39 is 0 Å². The van der Waals surface area contributed by atoms with Gasteiger partial charge in [0.2, 0.25) is 6.41 Å². The summed E-state index contributed by atoms with van der Waals surface area (Å²) in [6.45, 7) is 2.24. The molecule has 0 aromatic carbocycles. The maximum atomic E-state index is 11.2. The predicted octanol–water partition coefficient (Wildman–Crippen LogP) is 1.34. The van der Waals surface area contributed by atoms with Crippen molar-refractivity contribution < 1.29 is 14.3 Å². The molecular weight excluding hydrogens is 194 g/mol. The Kier molecular flexibility index (Phi) is 5.15. The molecule has 1 fully saturated rings. The molecule has 0 heterocycles. The van der Waals surface area contributed by atoms with E-state index in [0.717, 1.165) is 32.1 Å². The number of carbonyl (C=O) groups excluding carboxylic acids is 2. The highest BCUT2D eigenvalue weighted by Gasteiger charge is 2.21. The summed E-state index contributed by atoms with van der Waals surface area (Å²) in [5.74, 6) is -0.310. The molecule has 0 aliphatic heterocycles. The third-order valence-corrected chi connectivity index (χ3v) is 2.80. The Morgan fingerprint density at radius 2 is 2.07 bits per heavy atom. The zero-order chi connectivity index (χ0) is 11.1. The number of amides is 1. The van der Waals surface area contributed by atoms with E-state index in [1.54, 1.807) is 11.8 Å². The number of rotatable bonds is 5. The molecule has 0 bridgehead atoms. The molecule has 0 spiro atoms. The van der Waals surface area contributed by atoms with Crippen LogP contribution in [0.5, 0.6) is 0 Å². The third kappa shape index (κ3) is 3.90. The molecule has 0 unspecified atom stereocenters. The van der Waals surface area contributed by atoms with Gasteiger partial charge in [0.15, 0.2) is 0 Å². The Morgan fingerprint density at radius 1 is 1.40 bits per heavy atom. The van der Waals surface area contributed by atoms with Crippen molar-refractivity contribution in [1.29, 1.82) is 0 Å². The third-order valence-electron chi connectivity index (χ3n) is 2.80. The molecule has 1 aliphatic carbocycles. The predicted molar refractivity (Wildman–Crippen MR) is 56.3 cm³/mol. The van der Waals surface area contributed by atoms with E-state index in [1.807, 2.05) is 0 Å². The van der Waals surface area contributed by atoms with Gasteiger partial charge in [-0.2, -0.15) is 0 Å². The standard InChI is InChI=1S/C11H19NO3/c1-2-15-11(14)8-12(9-13)10-6-4-3-5-7-10/h9-10H,2-8H2,1H3. The molecular formula is C11H19NO3. The van der Waals surface area contributed by atoms with Crippen LogP contribution >= 0.6 is 0 Å². The Balaban J connectivity index is 2.39. The lowest BCUT2D eigenvalue weighted by Gasteiger charge is -2.30. The van der Waals surface area contributed by atoms with Gasteiger partial charge in [0.25, 0.3) is 0 Å². The molecule has 1 amide bonds. The summed E-state index contributed by atoms with van der Waals surface area (Å²) in [7, 11) is 0. The largest absolute Gasteiger partial charge is 0.465 e. The Bertz CT molecular complexity index is 212. The summed E-state index contributed by atoms with van der Waals surface area (Å²) in [5.41, 5.74) is 0. The molecule has 0 N–H and O–H groups in total. The number of ether oxygens (including phenoxy) is 1. The zero-order valence-electron chi connectivity index (χ0n) is 9.28. The van der Waals surface area contributed by atoms with Crippen molar-refractivity contribution in [3.05, 3.63) is 0 Å². The lowest BCUT2D eigenvalue weighted by atomic mass is 9.94. The Labute approximate surface area is 90.6 Å². The van der Waals surface area contributed by atoms with Crippen LogP contribution in [0.25, 0.3) is 0 Å². The summed E-state index contributed by atoms with van der Waals surface area (Å²) in [4.78, 5) is 23.7. The molecule has 0 atom stereocenters. The van der Waals surface area contributed by atoms with E-state index >= 15 is 0 Å². The number of nitrogens with zero attached hydrogens (tertiary/aromatic N) is 1. The van der Waals surface area contributed by atoms with Gasteiger partial charge in [-0.1, -0.05) is 19.3 Å². The second-order valence-corrected chi connectivity index (χ2v) is 3.87. The van der Waals surface area contributed by atoms with Crippen LogP contribution in [0.2, 0.25) is 0 Å². The van der Waals surface area contributed by atoms with Crippen molar-refractivity contribution in [2.24, 2.45) is 0 Å². The first kappa shape index (κ1) is 12.0. The highest BCUT2D eigenvalue weighted by molar-refractivity contribution is 5.74. The molecule has 4 heteroatoms. The maximum Gasteiger partial charge on any atom is 0.325 e. The average molecular weight is 213 g/mol. The van der Waals surface area contributed by atoms with Crippen LogP contribution in [-0.4, -0.2) is 36.5 Å². The zero-order valence-corrected chi connectivity index (χ0v) is 9.28. The van der Waals surface area contributed by atoms with Gasteiger partial charge >= 0.3 is 5.97 Å². The van der Waals surface area contributed by atoms with E-state index in [1.165, 1.54) is 6.42 Å².